The molecule has 0 amide bonds. The Balaban J connectivity index is 1.78. The molecule has 0 saturated heterocycles. The van der Waals surface area contributed by atoms with Gasteiger partial charge in [-0.05, 0) is 47.2 Å². The Morgan fingerprint density at radius 1 is 0.417 bits per heavy atom. The molecule has 24 heavy (non-hydrogen) atoms. The van der Waals surface area contributed by atoms with Crippen molar-refractivity contribution >= 4 is 34.3 Å². The summed E-state index contributed by atoms with van der Waals surface area (Å²) in [7, 11) is 0. The summed E-state index contributed by atoms with van der Waals surface area (Å²) in [6.45, 7) is 0. The molecule has 0 aromatic heterocycles. The number of hydrogen-bond acceptors (Lipinski definition) is 2. The average molecular weight is 345 g/mol. The Labute approximate surface area is 150 Å². The third-order valence-electron chi connectivity index (χ3n) is 3.75. The topological polar surface area (TPSA) is 0 Å². The second kappa shape index (κ2) is 7.16. The summed E-state index contributed by atoms with van der Waals surface area (Å²) in [6, 6.07) is 34.3. The highest BCUT2D eigenvalue weighted by Crippen LogP contribution is 2.40. The Hall–Kier alpha value is -2.16. The summed E-state index contributed by atoms with van der Waals surface area (Å²) in [5, 5.41) is 2.57. The number of fused-ring (bicyclic) bond motifs is 1. The third-order valence-corrected chi connectivity index (χ3v) is 6.01. The summed E-state index contributed by atoms with van der Waals surface area (Å²) in [6.07, 6.45) is 0. The molecule has 0 N–H and O–H groups in total. The summed E-state index contributed by atoms with van der Waals surface area (Å²) < 4.78 is 0. The van der Waals surface area contributed by atoms with E-state index >= 15 is 0 Å². The van der Waals surface area contributed by atoms with E-state index in [9.17, 15) is 0 Å². The lowest BCUT2D eigenvalue weighted by molar-refractivity contribution is 1.26. The molecule has 116 valence electrons. The first-order valence-electron chi connectivity index (χ1n) is 7.87. The fourth-order valence-electron chi connectivity index (χ4n) is 2.59. The van der Waals surface area contributed by atoms with Gasteiger partial charge in [-0.2, -0.15) is 0 Å². The number of hydrogen-bond donors (Lipinski definition) is 0. The van der Waals surface area contributed by atoms with E-state index in [1.54, 1.807) is 0 Å². The lowest BCUT2D eigenvalue weighted by Gasteiger charge is -2.11. The highest BCUT2D eigenvalue weighted by atomic mass is 32.2. The maximum atomic E-state index is 2.30. The van der Waals surface area contributed by atoms with E-state index in [0.29, 0.717) is 0 Å². The van der Waals surface area contributed by atoms with Crippen LogP contribution in [0.5, 0.6) is 0 Å². The van der Waals surface area contributed by atoms with Crippen LogP contribution >= 0.6 is 23.5 Å². The van der Waals surface area contributed by atoms with Crippen LogP contribution < -0.4 is 0 Å². The molecule has 0 aliphatic rings. The summed E-state index contributed by atoms with van der Waals surface area (Å²) in [4.78, 5) is 5.13. The maximum absolute atomic E-state index is 2.30. The van der Waals surface area contributed by atoms with Gasteiger partial charge in [-0.3, -0.25) is 0 Å². The summed E-state index contributed by atoms with van der Waals surface area (Å²) in [5.74, 6) is 0. The SMILES string of the molecule is c1ccc(Sc2cc3ccccc3cc2Sc2ccccc2)cc1. The standard InChI is InChI=1S/C22H16S2/c1-3-11-19(12-4-1)23-21-15-17-9-7-8-10-18(17)16-22(21)24-20-13-5-2-6-14-20/h1-16H. The smallest absolute Gasteiger partial charge is 0.0268 e. The summed E-state index contributed by atoms with van der Waals surface area (Å²) >= 11 is 3.65. The minimum Gasteiger partial charge on any atom is -0.0889 e. The Kier molecular flexibility index (Phi) is 4.59. The minimum absolute atomic E-state index is 1.27. The van der Waals surface area contributed by atoms with E-state index in [4.69, 9.17) is 0 Å². The number of benzene rings is 4. The molecule has 0 fully saturated rings. The molecule has 0 radical (unpaired) electrons. The first kappa shape index (κ1) is 15.4. The zero-order valence-corrected chi connectivity index (χ0v) is 14.7. The first-order chi connectivity index (χ1) is 11.9. The molecular formula is C22H16S2. The fraction of sp³-hybridized carbons (Fsp3) is 0. The Morgan fingerprint density at radius 3 is 1.21 bits per heavy atom. The van der Waals surface area contributed by atoms with Crippen molar-refractivity contribution in [1.82, 2.24) is 0 Å². The monoisotopic (exact) mass is 344 g/mol. The van der Waals surface area contributed by atoms with Gasteiger partial charge in [0.2, 0.25) is 0 Å². The van der Waals surface area contributed by atoms with Crippen LogP contribution in [0.1, 0.15) is 0 Å². The van der Waals surface area contributed by atoms with Crippen LogP contribution in [0.4, 0.5) is 0 Å². The fourth-order valence-corrected chi connectivity index (χ4v) is 4.62. The van der Waals surface area contributed by atoms with Gasteiger partial charge >= 0.3 is 0 Å². The molecule has 0 aliphatic heterocycles. The zero-order chi connectivity index (χ0) is 16.2. The molecule has 0 unspecified atom stereocenters. The molecule has 4 aromatic rings. The normalized spacial score (nSPS) is 10.8. The largest absolute Gasteiger partial charge is 0.0889 e. The Morgan fingerprint density at radius 2 is 0.792 bits per heavy atom. The molecule has 0 spiro atoms. The van der Waals surface area contributed by atoms with Gasteiger partial charge in [0.1, 0.15) is 0 Å². The van der Waals surface area contributed by atoms with Gasteiger partial charge in [0, 0.05) is 19.6 Å². The van der Waals surface area contributed by atoms with Crippen molar-refractivity contribution in [2.45, 2.75) is 19.6 Å². The molecule has 4 rings (SSSR count). The van der Waals surface area contributed by atoms with Crippen molar-refractivity contribution in [3.05, 3.63) is 97.1 Å². The van der Waals surface area contributed by atoms with E-state index in [2.05, 4.69) is 97.1 Å². The summed E-state index contributed by atoms with van der Waals surface area (Å²) in [5.41, 5.74) is 0. The van der Waals surface area contributed by atoms with Gasteiger partial charge in [-0.25, -0.2) is 0 Å². The van der Waals surface area contributed by atoms with Crippen molar-refractivity contribution in [2.24, 2.45) is 0 Å². The second-order valence-corrected chi connectivity index (χ2v) is 7.71. The van der Waals surface area contributed by atoms with Crippen molar-refractivity contribution in [3.8, 4) is 0 Å². The van der Waals surface area contributed by atoms with Crippen LogP contribution in [-0.4, -0.2) is 0 Å². The van der Waals surface area contributed by atoms with Crippen LogP contribution in [-0.2, 0) is 0 Å². The molecule has 0 nitrogen and oxygen atoms in total. The van der Waals surface area contributed by atoms with E-state index in [-0.39, 0.29) is 0 Å². The molecule has 0 saturated carbocycles. The van der Waals surface area contributed by atoms with Gasteiger partial charge in [0.15, 0.2) is 0 Å². The lowest BCUT2D eigenvalue weighted by Crippen LogP contribution is -1.82. The minimum atomic E-state index is 1.27. The van der Waals surface area contributed by atoms with Gasteiger partial charge in [-0.15, -0.1) is 0 Å². The van der Waals surface area contributed by atoms with Crippen molar-refractivity contribution < 1.29 is 0 Å². The molecule has 0 atom stereocenters. The molecule has 0 aliphatic carbocycles. The third kappa shape index (κ3) is 3.50. The van der Waals surface area contributed by atoms with Gasteiger partial charge in [0.05, 0.1) is 0 Å². The predicted molar refractivity (Wildman–Crippen MR) is 105 cm³/mol. The molecular weight excluding hydrogens is 328 g/mol. The van der Waals surface area contributed by atoms with E-state index in [1.165, 1.54) is 30.4 Å². The van der Waals surface area contributed by atoms with Crippen LogP contribution in [0.3, 0.4) is 0 Å². The Bertz CT molecular complexity index is 867. The van der Waals surface area contributed by atoms with Gasteiger partial charge < -0.3 is 0 Å². The van der Waals surface area contributed by atoms with Crippen LogP contribution in [0, 0.1) is 0 Å². The van der Waals surface area contributed by atoms with Crippen LogP contribution in [0.25, 0.3) is 10.8 Å². The van der Waals surface area contributed by atoms with E-state index < -0.39 is 0 Å². The van der Waals surface area contributed by atoms with Crippen molar-refractivity contribution in [3.63, 3.8) is 0 Å². The second-order valence-electron chi connectivity index (χ2n) is 5.48. The van der Waals surface area contributed by atoms with E-state index in [0.717, 1.165) is 0 Å². The first-order valence-corrected chi connectivity index (χ1v) is 9.50. The molecule has 4 aromatic carbocycles. The van der Waals surface area contributed by atoms with Gasteiger partial charge in [-0.1, -0.05) is 84.2 Å². The van der Waals surface area contributed by atoms with Crippen molar-refractivity contribution in [1.29, 1.82) is 0 Å². The van der Waals surface area contributed by atoms with Crippen LogP contribution in [0.15, 0.2) is 117 Å². The van der Waals surface area contributed by atoms with E-state index in [1.807, 2.05) is 23.5 Å². The molecule has 0 bridgehead atoms. The highest BCUT2D eigenvalue weighted by molar-refractivity contribution is 8.02. The zero-order valence-electron chi connectivity index (χ0n) is 13.1. The predicted octanol–water partition coefficient (Wildman–Crippen LogP) is 7.14. The van der Waals surface area contributed by atoms with Crippen molar-refractivity contribution in [2.75, 3.05) is 0 Å². The van der Waals surface area contributed by atoms with Crippen LogP contribution in [0.2, 0.25) is 0 Å². The molecule has 0 heterocycles. The highest BCUT2D eigenvalue weighted by Gasteiger charge is 2.09. The maximum Gasteiger partial charge on any atom is 0.0268 e. The van der Waals surface area contributed by atoms with Gasteiger partial charge in [0.25, 0.3) is 0 Å². The molecule has 2 heteroatoms. The average Bonchev–Trinajstić information content (AvgIpc) is 2.64. The number of rotatable bonds is 4. The quantitative estimate of drug-likeness (QED) is 0.386. The lowest BCUT2D eigenvalue weighted by atomic mass is 10.1.